The van der Waals surface area contributed by atoms with Crippen LogP contribution in [-0.2, 0) is 0 Å². The molecule has 13 heavy (non-hydrogen) atoms. The molecule has 1 saturated carbocycles. The summed E-state index contributed by atoms with van der Waals surface area (Å²) in [5.74, 6) is 0. The quantitative estimate of drug-likeness (QED) is 0.653. The van der Waals surface area contributed by atoms with E-state index in [4.69, 9.17) is 0 Å². The molecule has 2 nitrogen and oxygen atoms in total. The van der Waals surface area contributed by atoms with Gasteiger partial charge >= 0.3 is 0 Å². The number of likely N-dealkylation sites (tertiary alicyclic amines) is 1. The Kier molecular flexibility index (Phi) is 1.88. The van der Waals surface area contributed by atoms with Crippen molar-refractivity contribution in [1.82, 2.24) is 10.2 Å². The summed E-state index contributed by atoms with van der Waals surface area (Å²) in [6, 6.07) is 0.958. The van der Waals surface area contributed by atoms with E-state index in [0.29, 0.717) is 5.41 Å². The maximum absolute atomic E-state index is 3.43. The lowest BCUT2D eigenvalue weighted by atomic mass is 9.81. The van der Waals surface area contributed by atoms with Crippen molar-refractivity contribution in [2.75, 3.05) is 26.2 Å². The lowest BCUT2D eigenvalue weighted by molar-refractivity contribution is 0.149. The van der Waals surface area contributed by atoms with Gasteiger partial charge in [0, 0.05) is 31.1 Å². The SMILES string of the molecule is C1CCC(N2CCC3(CNC3)C2)C1. The third-order valence-corrected chi connectivity index (χ3v) is 4.31. The van der Waals surface area contributed by atoms with Crippen LogP contribution in [0.5, 0.6) is 0 Å². The van der Waals surface area contributed by atoms with E-state index in [9.17, 15) is 0 Å². The first kappa shape index (κ1) is 8.25. The molecule has 3 aliphatic rings. The van der Waals surface area contributed by atoms with Gasteiger partial charge in [-0.15, -0.1) is 0 Å². The molecule has 0 aromatic rings. The predicted octanol–water partition coefficient (Wildman–Crippen LogP) is 1.22. The largest absolute Gasteiger partial charge is 0.315 e. The molecule has 0 radical (unpaired) electrons. The molecule has 3 rings (SSSR count). The molecule has 0 bridgehead atoms. The van der Waals surface area contributed by atoms with E-state index in [2.05, 4.69) is 10.2 Å². The van der Waals surface area contributed by atoms with Crippen LogP contribution in [0.1, 0.15) is 32.1 Å². The number of hydrogen-bond donors (Lipinski definition) is 1. The van der Waals surface area contributed by atoms with Crippen LogP contribution in [-0.4, -0.2) is 37.1 Å². The van der Waals surface area contributed by atoms with Crippen LogP contribution >= 0.6 is 0 Å². The molecule has 2 heteroatoms. The third-order valence-electron chi connectivity index (χ3n) is 4.31. The molecular formula is C11H20N2. The molecule has 1 aliphatic carbocycles. The minimum absolute atomic E-state index is 0.711. The van der Waals surface area contributed by atoms with Crippen LogP contribution in [0.4, 0.5) is 0 Å². The van der Waals surface area contributed by atoms with Gasteiger partial charge in [0.2, 0.25) is 0 Å². The fourth-order valence-electron chi connectivity index (χ4n) is 3.32. The first-order valence-electron chi connectivity index (χ1n) is 5.83. The fourth-order valence-corrected chi connectivity index (χ4v) is 3.32. The zero-order valence-electron chi connectivity index (χ0n) is 8.39. The van der Waals surface area contributed by atoms with Crippen LogP contribution in [0.2, 0.25) is 0 Å². The van der Waals surface area contributed by atoms with Crippen molar-refractivity contribution >= 4 is 0 Å². The van der Waals surface area contributed by atoms with Crippen molar-refractivity contribution in [1.29, 1.82) is 0 Å². The maximum Gasteiger partial charge on any atom is 0.00955 e. The van der Waals surface area contributed by atoms with Gasteiger partial charge in [0.1, 0.15) is 0 Å². The van der Waals surface area contributed by atoms with Crippen LogP contribution in [0.3, 0.4) is 0 Å². The maximum atomic E-state index is 3.43. The molecule has 0 aromatic carbocycles. The molecule has 1 N–H and O–H groups in total. The van der Waals surface area contributed by atoms with Gasteiger partial charge in [0.05, 0.1) is 0 Å². The average molecular weight is 180 g/mol. The van der Waals surface area contributed by atoms with E-state index in [1.54, 1.807) is 0 Å². The summed E-state index contributed by atoms with van der Waals surface area (Å²) in [5.41, 5.74) is 0.711. The number of nitrogens with one attached hydrogen (secondary N) is 1. The Bertz CT molecular complexity index is 192. The molecule has 0 amide bonds. The van der Waals surface area contributed by atoms with E-state index in [-0.39, 0.29) is 0 Å². The Morgan fingerprint density at radius 1 is 1.15 bits per heavy atom. The fraction of sp³-hybridized carbons (Fsp3) is 1.00. The lowest BCUT2D eigenvalue weighted by Crippen LogP contribution is -2.55. The second kappa shape index (κ2) is 2.96. The molecule has 0 unspecified atom stereocenters. The summed E-state index contributed by atoms with van der Waals surface area (Å²) < 4.78 is 0. The highest BCUT2D eigenvalue weighted by Gasteiger charge is 2.44. The van der Waals surface area contributed by atoms with Crippen molar-refractivity contribution in [3.8, 4) is 0 Å². The zero-order valence-corrected chi connectivity index (χ0v) is 8.39. The smallest absolute Gasteiger partial charge is 0.00955 e. The summed E-state index contributed by atoms with van der Waals surface area (Å²) in [7, 11) is 0. The van der Waals surface area contributed by atoms with Crippen molar-refractivity contribution in [2.24, 2.45) is 5.41 Å². The summed E-state index contributed by atoms with van der Waals surface area (Å²) >= 11 is 0. The van der Waals surface area contributed by atoms with Gasteiger partial charge in [-0.2, -0.15) is 0 Å². The van der Waals surface area contributed by atoms with Gasteiger partial charge < -0.3 is 5.32 Å². The Hall–Kier alpha value is -0.0800. The van der Waals surface area contributed by atoms with Crippen LogP contribution in [0.25, 0.3) is 0 Å². The summed E-state index contributed by atoms with van der Waals surface area (Å²) in [4.78, 5) is 2.77. The topological polar surface area (TPSA) is 15.3 Å². The summed E-state index contributed by atoms with van der Waals surface area (Å²) in [5, 5.41) is 3.43. The Morgan fingerprint density at radius 3 is 2.46 bits per heavy atom. The first-order chi connectivity index (χ1) is 6.38. The minimum Gasteiger partial charge on any atom is -0.315 e. The van der Waals surface area contributed by atoms with E-state index >= 15 is 0 Å². The molecule has 2 saturated heterocycles. The van der Waals surface area contributed by atoms with E-state index in [0.717, 1.165) is 6.04 Å². The van der Waals surface area contributed by atoms with Crippen molar-refractivity contribution in [3.63, 3.8) is 0 Å². The van der Waals surface area contributed by atoms with Crippen LogP contribution in [0.15, 0.2) is 0 Å². The molecule has 0 aromatic heterocycles. The molecular weight excluding hydrogens is 160 g/mol. The van der Waals surface area contributed by atoms with Crippen molar-refractivity contribution < 1.29 is 0 Å². The first-order valence-corrected chi connectivity index (χ1v) is 5.83. The molecule has 2 aliphatic heterocycles. The standard InChI is InChI=1S/C11H20N2/c1-2-4-10(3-1)13-6-5-11(9-13)7-12-8-11/h10,12H,1-9H2. The molecule has 74 valence electrons. The normalized spacial score (nSPS) is 34.2. The van der Waals surface area contributed by atoms with E-state index in [1.807, 2.05) is 0 Å². The molecule has 3 fully saturated rings. The monoisotopic (exact) mass is 180 g/mol. The molecule has 1 spiro atoms. The van der Waals surface area contributed by atoms with E-state index in [1.165, 1.54) is 58.3 Å². The highest BCUT2D eigenvalue weighted by Crippen LogP contribution is 2.37. The number of hydrogen-bond acceptors (Lipinski definition) is 2. The zero-order chi connectivity index (χ0) is 8.73. The van der Waals surface area contributed by atoms with Crippen molar-refractivity contribution in [3.05, 3.63) is 0 Å². The van der Waals surface area contributed by atoms with Crippen LogP contribution in [0, 0.1) is 5.41 Å². The Labute approximate surface area is 80.7 Å². The van der Waals surface area contributed by atoms with Crippen molar-refractivity contribution in [2.45, 2.75) is 38.1 Å². The second-order valence-corrected chi connectivity index (χ2v) is 5.26. The van der Waals surface area contributed by atoms with Gasteiger partial charge in [0.25, 0.3) is 0 Å². The third kappa shape index (κ3) is 1.31. The molecule has 0 atom stereocenters. The highest BCUT2D eigenvalue weighted by atomic mass is 15.2. The average Bonchev–Trinajstić information content (AvgIpc) is 2.71. The summed E-state index contributed by atoms with van der Waals surface area (Å²) in [6.45, 7) is 5.35. The predicted molar refractivity (Wildman–Crippen MR) is 53.7 cm³/mol. The van der Waals surface area contributed by atoms with E-state index < -0.39 is 0 Å². The highest BCUT2D eigenvalue weighted by molar-refractivity contribution is 5.01. The van der Waals surface area contributed by atoms with Crippen LogP contribution < -0.4 is 5.32 Å². The summed E-state index contributed by atoms with van der Waals surface area (Å²) in [6.07, 6.45) is 7.36. The second-order valence-electron chi connectivity index (χ2n) is 5.26. The number of nitrogens with zero attached hydrogens (tertiary/aromatic N) is 1. The molecule has 2 heterocycles. The van der Waals surface area contributed by atoms with Gasteiger partial charge in [-0.3, -0.25) is 4.90 Å². The van der Waals surface area contributed by atoms with Gasteiger partial charge in [-0.05, 0) is 25.8 Å². The van der Waals surface area contributed by atoms with Gasteiger partial charge in [0.15, 0.2) is 0 Å². The Balaban J connectivity index is 1.61. The Morgan fingerprint density at radius 2 is 1.92 bits per heavy atom. The minimum atomic E-state index is 0.711. The van der Waals surface area contributed by atoms with Gasteiger partial charge in [-0.1, -0.05) is 12.8 Å². The van der Waals surface area contributed by atoms with Gasteiger partial charge in [-0.25, -0.2) is 0 Å². The number of rotatable bonds is 1. The lowest BCUT2D eigenvalue weighted by Gasteiger charge is -2.39.